The Labute approximate surface area is 168 Å². The summed E-state index contributed by atoms with van der Waals surface area (Å²) in [6, 6.07) is 11.9. The molecule has 0 saturated carbocycles. The Kier molecular flexibility index (Phi) is 5.52. The summed E-state index contributed by atoms with van der Waals surface area (Å²) in [6.45, 7) is 5.96. The third-order valence-corrected chi connectivity index (χ3v) is 5.92. The van der Waals surface area contributed by atoms with E-state index >= 15 is 0 Å². The molecule has 4 rings (SSSR count). The highest BCUT2D eigenvalue weighted by Gasteiger charge is 2.23. The minimum Gasteiger partial charge on any atom is -0.461 e. The van der Waals surface area contributed by atoms with Gasteiger partial charge in [-0.15, -0.1) is 10.2 Å². The average Bonchev–Trinajstić information content (AvgIpc) is 3.36. The number of carbonyl (C=O) groups excluding carboxylic acids is 1. The molecule has 3 aromatic rings. The molecule has 146 valence electrons. The van der Waals surface area contributed by atoms with E-state index in [0.29, 0.717) is 28.4 Å². The maximum atomic E-state index is 12.7. The highest BCUT2D eigenvalue weighted by molar-refractivity contribution is 7.99. The fourth-order valence-electron chi connectivity index (χ4n) is 3.49. The minimum atomic E-state index is 0.162. The zero-order valence-corrected chi connectivity index (χ0v) is 17.0. The average molecular weight is 397 g/mol. The van der Waals surface area contributed by atoms with Gasteiger partial charge in [-0.2, -0.15) is 0 Å². The molecule has 0 aliphatic carbocycles. The SMILES string of the molecule is Cc1ccc(-n2c(SCC(=O)N3CCC[C@H](C)C3)nnc2-c2ccco2)cc1. The predicted octanol–water partition coefficient (Wildman–Crippen LogP) is 4.19. The maximum absolute atomic E-state index is 12.7. The number of amides is 1. The van der Waals surface area contributed by atoms with Crippen LogP contribution in [0.1, 0.15) is 25.3 Å². The Bertz CT molecular complexity index is 934. The van der Waals surface area contributed by atoms with E-state index < -0.39 is 0 Å². The van der Waals surface area contributed by atoms with E-state index in [1.807, 2.05) is 33.7 Å². The molecule has 1 aliphatic rings. The second-order valence-electron chi connectivity index (χ2n) is 7.33. The zero-order valence-electron chi connectivity index (χ0n) is 16.2. The standard InChI is InChI=1S/C21H24N4O2S/c1-15-7-9-17(10-8-15)25-20(18-6-4-12-27-18)22-23-21(25)28-14-19(26)24-11-3-5-16(2)13-24/h4,6-10,12,16H,3,5,11,13-14H2,1-2H3/t16-/m0/s1. The largest absolute Gasteiger partial charge is 0.461 e. The van der Waals surface area contributed by atoms with E-state index in [9.17, 15) is 4.79 Å². The minimum absolute atomic E-state index is 0.162. The molecule has 7 heteroatoms. The van der Waals surface area contributed by atoms with Crippen molar-refractivity contribution in [3.8, 4) is 17.3 Å². The van der Waals surface area contributed by atoms with E-state index in [2.05, 4.69) is 36.2 Å². The summed E-state index contributed by atoms with van der Waals surface area (Å²) in [4.78, 5) is 14.6. The number of furan rings is 1. The molecule has 1 aromatic carbocycles. The summed E-state index contributed by atoms with van der Waals surface area (Å²) in [5.74, 6) is 2.38. The summed E-state index contributed by atoms with van der Waals surface area (Å²) in [5, 5.41) is 9.37. The normalized spacial score (nSPS) is 17.1. The lowest BCUT2D eigenvalue weighted by Gasteiger charge is -2.30. The second kappa shape index (κ2) is 8.22. The zero-order chi connectivity index (χ0) is 19.5. The van der Waals surface area contributed by atoms with Crippen LogP contribution in [0.2, 0.25) is 0 Å². The molecular formula is C21H24N4O2S. The van der Waals surface area contributed by atoms with Gasteiger partial charge in [0.15, 0.2) is 10.9 Å². The van der Waals surface area contributed by atoms with Gasteiger partial charge in [0.2, 0.25) is 11.7 Å². The molecule has 1 saturated heterocycles. The van der Waals surface area contributed by atoms with Crippen molar-refractivity contribution in [2.24, 2.45) is 5.92 Å². The van der Waals surface area contributed by atoms with Crippen molar-refractivity contribution in [3.63, 3.8) is 0 Å². The van der Waals surface area contributed by atoms with Crippen LogP contribution in [0.5, 0.6) is 0 Å². The summed E-state index contributed by atoms with van der Waals surface area (Å²) >= 11 is 1.42. The molecule has 1 fully saturated rings. The number of rotatable bonds is 5. The predicted molar refractivity (Wildman–Crippen MR) is 110 cm³/mol. The van der Waals surface area contributed by atoms with Gasteiger partial charge in [0, 0.05) is 18.8 Å². The molecule has 0 unspecified atom stereocenters. The highest BCUT2D eigenvalue weighted by Crippen LogP contribution is 2.29. The van der Waals surface area contributed by atoms with Crippen molar-refractivity contribution >= 4 is 17.7 Å². The van der Waals surface area contributed by atoms with E-state index in [4.69, 9.17) is 4.42 Å². The van der Waals surface area contributed by atoms with E-state index in [0.717, 1.165) is 25.2 Å². The number of nitrogens with zero attached hydrogens (tertiary/aromatic N) is 4. The number of aromatic nitrogens is 3. The van der Waals surface area contributed by atoms with Crippen LogP contribution in [0.25, 0.3) is 17.3 Å². The van der Waals surface area contributed by atoms with Gasteiger partial charge in [0.1, 0.15) is 0 Å². The Morgan fingerprint density at radius 2 is 2.07 bits per heavy atom. The fraction of sp³-hybridized carbons (Fsp3) is 0.381. The Balaban J connectivity index is 1.58. The van der Waals surface area contributed by atoms with E-state index in [-0.39, 0.29) is 5.91 Å². The van der Waals surface area contributed by atoms with Gasteiger partial charge in [-0.1, -0.05) is 36.4 Å². The Hall–Kier alpha value is -2.54. The smallest absolute Gasteiger partial charge is 0.233 e. The fourth-order valence-corrected chi connectivity index (χ4v) is 4.34. The van der Waals surface area contributed by atoms with Crippen LogP contribution in [0.4, 0.5) is 0 Å². The van der Waals surface area contributed by atoms with Gasteiger partial charge in [-0.05, 0) is 49.9 Å². The first-order valence-corrected chi connectivity index (χ1v) is 10.6. The third kappa shape index (κ3) is 3.99. The van der Waals surface area contributed by atoms with Crippen LogP contribution < -0.4 is 0 Å². The number of hydrogen-bond donors (Lipinski definition) is 0. The van der Waals surface area contributed by atoms with Crippen molar-refractivity contribution in [2.75, 3.05) is 18.8 Å². The van der Waals surface area contributed by atoms with Crippen molar-refractivity contribution in [2.45, 2.75) is 31.8 Å². The summed E-state index contributed by atoms with van der Waals surface area (Å²) < 4.78 is 7.50. The van der Waals surface area contributed by atoms with Crippen molar-refractivity contribution < 1.29 is 9.21 Å². The molecule has 0 radical (unpaired) electrons. The highest BCUT2D eigenvalue weighted by atomic mass is 32.2. The molecule has 1 amide bonds. The lowest BCUT2D eigenvalue weighted by molar-refractivity contribution is -0.130. The van der Waals surface area contributed by atoms with Crippen LogP contribution in [0, 0.1) is 12.8 Å². The molecular weight excluding hydrogens is 372 g/mol. The van der Waals surface area contributed by atoms with Gasteiger partial charge in [-0.25, -0.2) is 0 Å². The maximum Gasteiger partial charge on any atom is 0.233 e. The second-order valence-corrected chi connectivity index (χ2v) is 8.27. The number of likely N-dealkylation sites (tertiary alicyclic amines) is 1. The Morgan fingerprint density at radius 3 is 2.79 bits per heavy atom. The van der Waals surface area contributed by atoms with Crippen LogP contribution in [-0.4, -0.2) is 44.4 Å². The van der Waals surface area contributed by atoms with Crippen molar-refractivity contribution in [3.05, 3.63) is 48.2 Å². The monoisotopic (exact) mass is 396 g/mol. The number of hydrogen-bond acceptors (Lipinski definition) is 5. The summed E-state index contributed by atoms with van der Waals surface area (Å²) in [5.41, 5.74) is 2.13. The first-order chi connectivity index (χ1) is 13.6. The van der Waals surface area contributed by atoms with Crippen LogP contribution in [-0.2, 0) is 4.79 Å². The lowest BCUT2D eigenvalue weighted by atomic mass is 10.0. The number of benzene rings is 1. The van der Waals surface area contributed by atoms with Gasteiger partial charge in [0.25, 0.3) is 0 Å². The molecule has 1 aliphatic heterocycles. The van der Waals surface area contributed by atoms with Crippen LogP contribution >= 0.6 is 11.8 Å². The molecule has 3 heterocycles. The molecule has 0 spiro atoms. The molecule has 2 aromatic heterocycles. The number of piperidine rings is 1. The molecule has 28 heavy (non-hydrogen) atoms. The number of aryl methyl sites for hydroxylation is 1. The van der Waals surface area contributed by atoms with E-state index in [1.54, 1.807) is 6.26 Å². The summed E-state index contributed by atoms with van der Waals surface area (Å²) in [6.07, 6.45) is 3.91. The first-order valence-electron chi connectivity index (χ1n) is 9.58. The molecule has 6 nitrogen and oxygen atoms in total. The quantitative estimate of drug-likeness (QED) is 0.605. The van der Waals surface area contributed by atoms with Gasteiger partial charge in [0.05, 0.1) is 12.0 Å². The van der Waals surface area contributed by atoms with Crippen LogP contribution in [0.15, 0.2) is 52.2 Å². The van der Waals surface area contributed by atoms with Crippen molar-refractivity contribution in [1.82, 2.24) is 19.7 Å². The van der Waals surface area contributed by atoms with E-state index in [1.165, 1.54) is 23.7 Å². The van der Waals surface area contributed by atoms with Gasteiger partial charge < -0.3 is 9.32 Å². The number of carbonyl (C=O) groups is 1. The summed E-state index contributed by atoms with van der Waals surface area (Å²) in [7, 11) is 0. The lowest BCUT2D eigenvalue weighted by Crippen LogP contribution is -2.40. The Morgan fingerprint density at radius 1 is 1.25 bits per heavy atom. The van der Waals surface area contributed by atoms with Gasteiger partial charge >= 0.3 is 0 Å². The van der Waals surface area contributed by atoms with Crippen molar-refractivity contribution in [1.29, 1.82) is 0 Å². The number of thioether (sulfide) groups is 1. The molecule has 0 N–H and O–H groups in total. The molecule has 1 atom stereocenters. The topological polar surface area (TPSA) is 64.2 Å². The van der Waals surface area contributed by atoms with Gasteiger partial charge in [-0.3, -0.25) is 9.36 Å². The molecule has 0 bridgehead atoms. The third-order valence-electron chi connectivity index (χ3n) is 5.00. The van der Waals surface area contributed by atoms with Crippen LogP contribution in [0.3, 0.4) is 0 Å². The first kappa shape index (κ1) is 18.8.